The smallest absolute Gasteiger partial charge is 0.200 e. The van der Waals surface area contributed by atoms with Gasteiger partial charge < -0.3 is 0 Å². The summed E-state index contributed by atoms with van der Waals surface area (Å²) in [6.45, 7) is 3.92. The molecule has 0 saturated carbocycles. The summed E-state index contributed by atoms with van der Waals surface area (Å²) >= 11 is 0. The number of hydrogen-bond acceptors (Lipinski definition) is 3. The van der Waals surface area contributed by atoms with Gasteiger partial charge in [0, 0.05) is 6.21 Å². The molecule has 2 aromatic rings. The third-order valence-electron chi connectivity index (χ3n) is 3.03. The molecule has 0 aromatic heterocycles. The van der Waals surface area contributed by atoms with Crippen molar-refractivity contribution in [2.24, 2.45) is 5.10 Å². The van der Waals surface area contributed by atoms with E-state index in [1.165, 1.54) is 11.8 Å². The molecule has 22 heavy (non-hydrogen) atoms. The molecule has 4 nitrogen and oxygen atoms in total. The molecule has 5 heteroatoms. The van der Waals surface area contributed by atoms with E-state index in [0.29, 0.717) is 0 Å². The van der Waals surface area contributed by atoms with Crippen LogP contribution in [0.1, 0.15) is 16.7 Å². The van der Waals surface area contributed by atoms with Crippen molar-refractivity contribution in [3.8, 4) is 0 Å². The highest BCUT2D eigenvalue weighted by Gasteiger charge is 2.11. The number of sulfonamides is 1. The van der Waals surface area contributed by atoms with Crippen LogP contribution >= 0.6 is 0 Å². The molecule has 0 aliphatic carbocycles. The first kappa shape index (κ1) is 16.0. The van der Waals surface area contributed by atoms with Gasteiger partial charge in [0.05, 0.1) is 4.90 Å². The maximum Gasteiger partial charge on any atom is 0.276 e. The highest BCUT2D eigenvalue weighted by Crippen LogP contribution is 2.09. The van der Waals surface area contributed by atoms with Crippen LogP contribution in [0.3, 0.4) is 0 Å². The van der Waals surface area contributed by atoms with Crippen LogP contribution in [0, 0.1) is 13.8 Å². The third-order valence-corrected chi connectivity index (χ3v) is 4.27. The van der Waals surface area contributed by atoms with Crippen molar-refractivity contribution in [1.82, 2.24) is 4.83 Å². The minimum absolute atomic E-state index is 0.192. The summed E-state index contributed by atoms with van der Waals surface area (Å²) in [6, 6.07) is 14.6. The maximum absolute atomic E-state index is 12.0. The van der Waals surface area contributed by atoms with Gasteiger partial charge in [0.15, 0.2) is 0 Å². The summed E-state index contributed by atoms with van der Waals surface area (Å²) in [6.07, 6.45) is 4.94. The zero-order valence-electron chi connectivity index (χ0n) is 12.5. The molecule has 0 aliphatic rings. The Morgan fingerprint density at radius 2 is 1.45 bits per heavy atom. The fourth-order valence-corrected chi connectivity index (χ4v) is 2.54. The van der Waals surface area contributed by atoms with Gasteiger partial charge in [-0.25, -0.2) is 4.83 Å². The molecule has 0 bridgehead atoms. The van der Waals surface area contributed by atoms with E-state index in [4.69, 9.17) is 0 Å². The van der Waals surface area contributed by atoms with Crippen LogP contribution in [0.5, 0.6) is 0 Å². The van der Waals surface area contributed by atoms with Gasteiger partial charge in [0.2, 0.25) is 0 Å². The van der Waals surface area contributed by atoms with Crippen molar-refractivity contribution in [1.29, 1.82) is 0 Å². The summed E-state index contributed by atoms with van der Waals surface area (Å²) in [5, 5.41) is 3.72. The average molecular weight is 314 g/mol. The number of benzene rings is 2. The zero-order valence-corrected chi connectivity index (χ0v) is 13.3. The molecule has 0 heterocycles. The van der Waals surface area contributed by atoms with Gasteiger partial charge in [-0.1, -0.05) is 53.6 Å². The van der Waals surface area contributed by atoms with Crippen LogP contribution < -0.4 is 4.83 Å². The van der Waals surface area contributed by atoms with E-state index in [1.807, 2.05) is 44.2 Å². The Labute approximate surface area is 131 Å². The predicted octanol–water partition coefficient (Wildman–Crippen LogP) is 3.28. The lowest BCUT2D eigenvalue weighted by Crippen LogP contribution is -2.17. The molecule has 114 valence electrons. The Balaban J connectivity index is 1.96. The molecule has 0 saturated heterocycles. The monoisotopic (exact) mass is 314 g/mol. The number of hydrazone groups is 1. The summed E-state index contributed by atoms with van der Waals surface area (Å²) in [5.74, 6) is 0. The SMILES string of the molecule is Cc1ccc(/C=C/C=N/NS(=O)(=O)c2ccc(C)cc2)cc1. The van der Waals surface area contributed by atoms with Crippen LogP contribution in [0.2, 0.25) is 0 Å². The third kappa shape index (κ3) is 4.56. The number of rotatable bonds is 5. The van der Waals surface area contributed by atoms with Crippen LogP contribution in [-0.4, -0.2) is 14.6 Å². The highest BCUT2D eigenvalue weighted by molar-refractivity contribution is 7.89. The number of allylic oxidation sites excluding steroid dienone is 1. The van der Waals surface area contributed by atoms with E-state index < -0.39 is 10.0 Å². The molecule has 0 unspecified atom stereocenters. The lowest BCUT2D eigenvalue weighted by atomic mass is 10.1. The van der Waals surface area contributed by atoms with Crippen molar-refractivity contribution < 1.29 is 8.42 Å². The van der Waals surface area contributed by atoms with Gasteiger partial charge in [-0.15, -0.1) is 0 Å². The van der Waals surface area contributed by atoms with E-state index in [2.05, 4.69) is 9.93 Å². The van der Waals surface area contributed by atoms with Crippen molar-refractivity contribution in [2.75, 3.05) is 0 Å². The second-order valence-corrected chi connectivity index (χ2v) is 6.62. The fraction of sp³-hybridized carbons (Fsp3) is 0.118. The van der Waals surface area contributed by atoms with Gasteiger partial charge in [-0.2, -0.15) is 13.5 Å². The normalized spacial score (nSPS) is 12.1. The van der Waals surface area contributed by atoms with Gasteiger partial charge >= 0.3 is 0 Å². The average Bonchev–Trinajstić information content (AvgIpc) is 2.49. The molecule has 2 aromatic carbocycles. The van der Waals surface area contributed by atoms with Crippen LogP contribution in [0.4, 0.5) is 0 Å². The Hall–Kier alpha value is -2.40. The molecule has 0 fully saturated rings. The van der Waals surface area contributed by atoms with Crippen molar-refractivity contribution in [3.63, 3.8) is 0 Å². The molecule has 0 spiro atoms. The first-order valence-electron chi connectivity index (χ1n) is 6.82. The minimum Gasteiger partial charge on any atom is -0.200 e. The van der Waals surface area contributed by atoms with E-state index in [-0.39, 0.29) is 4.90 Å². The van der Waals surface area contributed by atoms with E-state index in [0.717, 1.165) is 11.1 Å². The Kier molecular flexibility index (Phi) is 5.12. The first-order valence-corrected chi connectivity index (χ1v) is 8.30. The number of hydrogen-bond donors (Lipinski definition) is 1. The fourth-order valence-electron chi connectivity index (χ4n) is 1.74. The second-order valence-electron chi connectivity index (χ2n) is 4.96. The Morgan fingerprint density at radius 1 is 0.909 bits per heavy atom. The predicted molar refractivity (Wildman–Crippen MR) is 90.2 cm³/mol. The van der Waals surface area contributed by atoms with E-state index >= 15 is 0 Å². The molecule has 1 N–H and O–H groups in total. The van der Waals surface area contributed by atoms with E-state index in [9.17, 15) is 8.42 Å². The number of aryl methyl sites for hydroxylation is 2. The topological polar surface area (TPSA) is 58.5 Å². The maximum atomic E-state index is 12.0. The summed E-state index contributed by atoms with van der Waals surface area (Å²) < 4.78 is 23.9. The summed E-state index contributed by atoms with van der Waals surface area (Å²) in [5.41, 5.74) is 3.22. The summed E-state index contributed by atoms with van der Waals surface area (Å²) in [7, 11) is -3.61. The van der Waals surface area contributed by atoms with Gasteiger partial charge in [0.1, 0.15) is 0 Å². The largest absolute Gasteiger partial charge is 0.276 e. The highest BCUT2D eigenvalue weighted by atomic mass is 32.2. The van der Waals surface area contributed by atoms with Gasteiger partial charge in [0.25, 0.3) is 10.0 Å². The minimum atomic E-state index is -3.61. The molecule has 0 aliphatic heterocycles. The molecular weight excluding hydrogens is 296 g/mol. The molecule has 0 radical (unpaired) electrons. The Bertz CT molecular complexity index is 774. The Morgan fingerprint density at radius 3 is 2.05 bits per heavy atom. The molecule has 0 atom stereocenters. The number of nitrogens with zero attached hydrogens (tertiary/aromatic N) is 1. The lowest BCUT2D eigenvalue weighted by molar-refractivity contribution is 0.584. The van der Waals surface area contributed by atoms with Crippen LogP contribution in [0.15, 0.2) is 64.6 Å². The zero-order chi connectivity index (χ0) is 16.0. The first-order chi connectivity index (χ1) is 10.5. The summed E-state index contributed by atoms with van der Waals surface area (Å²) in [4.78, 5) is 2.37. The molecular formula is C17H18N2O2S. The molecule has 0 amide bonds. The van der Waals surface area contributed by atoms with Crippen LogP contribution in [0.25, 0.3) is 6.08 Å². The van der Waals surface area contributed by atoms with E-state index in [1.54, 1.807) is 30.3 Å². The quantitative estimate of drug-likeness (QED) is 0.680. The van der Waals surface area contributed by atoms with Crippen molar-refractivity contribution >= 4 is 22.3 Å². The molecule has 2 rings (SSSR count). The van der Waals surface area contributed by atoms with Crippen molar-refractivity contribution in [3.05, 3.63) is 71.3 Å². The lowest BCUT2D eigenvalue weighted by Gasteiger charge is -2.02. The van der Waals surface area contributed by atoms with Crippen molar-refractivity contribution in [2.45, 2.75) is 18.7 Å². The van der Waals surface area contributed by atoms with Crippen LogP contribution in [-0.2, 0) is 10.0 Å². The van der Waals surface area contributed by atoms with Gasteiger partial charge in [-0.3, -0.25) is 0 Å². The standard InChI is InChI=1S/C17H18N2O2S/c1-14-5-9-16(10-6-14)4-3-13-18-19-22(20,21)17-11-7-15(2)8-12-17/h3-13,19H,1-2H3/b4-3+,18-13+. The second kappa shape index (κ2) is 7.04. The number of nitrogens with one attached hydrogen (secondary N) is 1. The van der Waals surface area contributed by atoms with Gasteiger partial charge in [-0.05, 0) is 37.6 Å².